The second-order valence-electron chi connectivity index (χ2n) is 4.96. The molecule has 3 aromatic rings. The normalized spacial score (nSPS) is 10.4. The van der Waals surface area contributed by atoms with Crippen LogP contribution in [0.1, 0.15) is 5.56 Å². The van der Waals surface area contributed by atoms with Crippen LogP contribution in [-0.4, -0.2) is 15.9 Å². The Hall–Kier alpha value is -2.67. The fourth-order valence-corrected chi connectivity index (χ4v) is 2.37. The highest BCUT2D eigenvalue weighted by Crippen LogP contribution is 2.19. The molecule has 0 radical (unpaired) electrons. The first-order valence-electron chi connectivity index (χ1n) is 7.09. The minimum absolute atomic E-state index is 0.147. The number of rotatable bonds is 4. The first-order chi connectivity index (χ1) is 11.6. The van der Waals surface area contributed by atoms with E-state index in [1.165, 1.54) is 16.8 Å². The highest BCUT2D eigenvalue weighted by molar-refractivity contribution is 9.10. The van der Waals surface area contributed by atoms with Crippen molar-refractivity contribution in [3.8, 4) is 5.69 Å². The summed E-state index contributed by atoms with van der Waals surface area (Å²) in [6.45, 7) is 0.147. The van der Waals surface area contributed by atoms with Crippen molar-refractivity contribution in [3.63, 3.8) is 0 Å². The fourth-order valence-electron chi connectivity index (χ4n) is 2.08. The van der Waals surface area contributed by atoms with E-state index in [0.29, 0.717) is 5.69 Å². The molecule has 0 atom stereocenters. The average Bonchev–Trinajstić information content (AvgIpc) is 3.00. The molecule has 24 heavy (non-hydrogen) atoms. The molecule has 0 fully saturated rings. The van der Waals surface area contributed by atoms with Gasteiger partial charge < -0.3 is 4.74 Å². The van der Waals surface area contributed by atoms with Crippen LogP contribution in [0.3, 0.4) is 0 Å². The number of amides is 1. The molecule has 1 amide bonds. The van der Waals surface area contributed by atoms with Gasteiger partial charge in [-0.05, 0) is 39.7 Å². The third kappa shape index (κ3) is 3.99. The summed E-state index contributed by atoms with van der Waals surface area (Å²) in [4.78, 5) is 11.8. The molecule has 3 rings (SSSR count). The van der Waals surface area contributed by atoms with Crippen molar-refractivity contribution in [2.75, 3.05) is 5.32 Å². The van der Waals surface area contributed by atoms with Crippen LogP contribution in [0.25, 0.3) is 5.69 Å². The van der Waals surface area contributed by atoms with Crippen molar-refractivity contribution in [3.05, 3.63) is 76.8 Å². The largest absolute Gasteiger partial charge is 0.444 e. The Morgan fingerprint density at radius 1 is 1.25 bits per heavy atom. The van der Waals surface area contributed by atoms with Crippen LogP contribution in [0.15, 0.2) is 65.4 Å². The van der Waals surface area contributed by atoms with E-state index in [-0.39, 0.29) is 12.3 Å². The van der Waals surface area contributed by atoms with Crippen molar-refractivity contribution >= 4 is 27.7 Å². The lowest BCUT2D eigenvalue weighted by Crippen LogP contribution is -2.14. The van der Waals surface area contributed by atoms with E-state index in [1.807, 2.05) is 30.3 Å². The van der Waals surface area contributed by atoms with Crippen molar-refractivity contribution in [2.45, 2.75) is 6.61 Å². The number of carbonyl (C=O) groups excluding carboxylic acids is 1. The van der Waals surface area contributed by atoms with E-state index >= 15 is 0 Å². The molecule has 5 nitrogen and oxygen atoms in total. The number of carbonyl (C=O) groups is 1. The van der Waals surface area contributed by atoms with Gasteiger partial charge in [-0.3, -0.25) is 5.32 Å². The molecule has 1 N–H and O–H groups in total. The fraction of sp³-hybridized carbons (Fsp3) is 0.0588. The number of benzene rings is 2. The predicted octanol–water partition coefficient (Wildman–Crippen LogP) is 4.52. The van der Waals surface area contributed by atoms with E-state index in [9.17, 15) is 9.18 Å². The number of nitrogens with zero attached hydrogens (tertiary/aromatic N) is 2. The molecule has 2 aromatic carbocycles. The predicted molar refractivity (Wildman–Crippen MR) is 91.5 cm³/mol. The van der Waals surface area contributed by atoms with E-state index < -0.39 is 11.9 Å². The molecule has 0 aliphatic rings. The summed E-state index contributed by atoms with van der Waals surface area (Å²) in [6.07, 6.45) is 2.56. The van der Waals surface area contributed by atoms with Gasteiger partial charge in [0.15, 0.2) is 5.82 Å². The lowest BCUT2D eigenvalue weighted by Gasteiger charge is -2.09. The first-order valence-corrected chi connectivity index (χ1v) is 7.89. The second-order valence-corrected chi connectivity index (χ2v) is 5.87. The summed E-state index contributed by atoms with van der Waals surface area (Å²) in [5.74, 6) is -0.508. The van der Waals surface area contributed by atoms with E-state index in [2.05, 4.69) is 26.3 Å². The van der Waals surface area contributed by atoms with Crippen molar-refractivity contribution < 1.29 is 13.9 Å². The van der Waals surface area contributed by atoms with Crippen molar-refractivity contribution in [2.24, 2.45) is 0 Å². The third-order valence-corrected chi connectivity index (χ3v) is 3.61. The molecular formula is C17H13BrFN3O2. The Morgan fingerprint density at radius 2 is 2.04 bits per heavy atom. The molecule has 1 aromatic heterocycles. The first kappa shape index (κ1) is 16.2. The maximum Gasteiger partial charge on any atom is 0.411 e. The van der Waals surface area contributed by atoms with Crippen LogP contribution in [0.5, 0.6) is 0 Å². The highest BCUT2D eigenvalue weighted by Gasteiger charge is 2.09. The van der Waals surface area contributed by atoms with E-state index in [1.54, 1.807) is 18.5 Å². The smallest absolute Gasteiger partial charge is 0.411 e. The molecule has 0 aliphatic carbocycles. The zero-order valence-electron chi connectivity index (χ0n) is 12.4. The number of ether oxygens (including phenoxy) is 1. The van der Waals surface area contributed by atoms with Gasteiger partial charge in [0, 0.05) is 11.9 Å². The molecular weight excluding hydrogens is 377 g/mol. The monoisotopic (exact) mass is 389 g/mol. The summed E-state index contributed by atoms with van der Waals surface area (Å²) in [7, 11) is 0. The Bertz CT molecular complexity index is 852. The average molecular weight is 390 g/mol. The van der Waals surface area contributed by atoms with Gasteiger partial charge in [-0.1, -0.05) is 30.3 Å². The van der Waals surface area contributed by atoms with Crippen LogP contribution in [-0.2, 0) is 11.3 Å². The van der Waals surface area contributed by atoms with Gasteiger partial charge >= 0.3 is 6.09 Å². The quantitative estimate of drug-likeness (QED) is 0.713. The number of aromatic nitrogens is 2. The molecule has 0 saturated heterocycles. The maximum absolute atomic E-state index is 14.2. The Morgan fingerprint density at radius 3 is 2.71 bits per heavy atom. The minimum atomic E-state index is -0.646. The summed E-state index contributed by atoms with van der Waals surface area (Å²) in [5.41, 5.74) is 1.46. The Kier molecular flexibility index (Phi) is 4.90. The third-order valence-electron chi connectivity index (χ3n) is 3.20. The van der Waals surface area contributed by atoms with E-state index in [4.69, 9.17) is 4.74 Å². The number of hydrogen-bond acceptors (Lipinski definition) is 3. The van der Waals surface area contributed by atoms with Crippen LogP contribution in [0.4, 0.5) is 14.9 Å². The molecule has 0 spiro atoms. The molecule has 0 saturated carbocycles. The number of nitrogens with one attached hydrogen (secondary N) is 1. The SMILES string of the molecule is O=C(Nc1ccc(-n2cc(Br)cn2)c(F)c1)OCc1ccccc1. The highest BCUT2D eigenvalue weighted by atomic mass is 79.9. The van der Waals surface area contributed by atoms with E-state index in [0.717, 1.165) is 10.0 Å². The van der Waals surface area contributed by atoms with Gasteiger partial charge in [-0.2, -0.15) is 5.10 Å². The van der Waals surface area contributed by atoms with Crippen LogP contribution < -0.4 is 5.32 Å². The number of halogens is 2. The van der Waals surface area contributed by atoms with Crippen LogP contribution in [0, 0.1) is 5.82 Å². The lowest BCUT2D eigenvalue weighted by atomic mass is 10.2. The summed E-state index contributed by atoms with van der Waals surface area (Å²) < 4.78 is 21.4. The number of hydrogen-bond donors (Lipinski definition) is 1. The van der Waals surface area contributed by atoms with Gasteiger partial charge in [0.2, 0.25) is 0 Å². The molecule has 0 bridgehead atoms. The summed E-state index contributed by atoms with van der Waals surface area (Å²) in [6, 6.07) is 13.6. The van der Waals surface area contributed by atoms with Gasteiger partial charge in [0.25, 0.3) is 0 Å². The second kappa shape index (κ2) is 7.27. The van der Waals surface area contributed by atoms with Crippen LogP contribution >= 0.6 is 15.9 Å². The van der Waals surface area contributed by atoms with Gasteiger partial charge in [0.1, 0.15) is 12.3 Å². The van der Waals surface area contributed by atoms with Crippen LogP contribution in [0.2, 0.25) is 0 Å². The zero-order chi connectivity index (χ0) is 16.9. The topological polar surface area (TPSA) is 56.2 Å². The van der Waals surface area contributed by atoms with Crippen molar-refractivity contribution in [1.82, 2.24) is 9.78 Å². The van der Waals surface area contributed by atoms with Gasteiger partial charge in [0.05, 0.1) is 10.7 Å². The molecule has 0 aliphatic heterocycles. The molecule has 7 heteroatoms. The number of anilines is 1. The molecule has 0 unspecified atom stereocenters. The molecule has 122 valence electrons. The Balaban J connectivity index is 1.63. The molecule has 1 heterocycles. The van der Waals surface area contributed by atoms with Gasteiger partial charge in [-0.15, -0.1) is 0 Å². The maximum atomic E-state index is 14.2. The lowest BCUT2D eigenvalue weighted by molar-refractivity contribution is 0.155. The summed E-state index contributed by atoms with van der Waals surface area (Å²) >= 11 is 3.26. The minimum Gasteiger partial charge on any atom is -0.444 e. The zero-order valence-corrected chi connectivity index (χ0v) is 14.0. The summed E-state index contributed by atoms with van der Waals surface area (Å²) in [5, 5.41) is 6.52. The van der Waals surface area contributed by atoms with Gasteiger partial charge in [-0.25, -0.2) is 13.9 Å². The standard InChI is InChI=1S/C17H13BrFN3O2/c18-13-9-20-22(10-13)16-7-6-14(8-15(16)19)21-17(23)24-11-12-4-2-1-3-5-12/h1-10H,11H2,(H,21,23). The Labute approximate surface area is 146 Å². The van der Waals surface area contributed by atoms with Crippen molar-refractivity contribution in [1.29, 1.82) is 0 Å².